The molecule has 9 heteroatoms. The van der Waals surface area contributed by atoms with Crippen LogP contribution in [0.2, 0.25) is 0 Å². The Kier molecular flexibility index (Phi) is 5.79. The lowest BCUT2D eigenvalue weighted by molar-refractivity contribution is -0.113. The molecule has 0 bridgehead atoms. The highest BCUT2D eigenvalue weighted by Crippen LogP contribution is 2.35. The molecule has 0 saturated carbocycles. The third kappa shape index (κ3) is 4.26. The van der Waals surface area contributed by atoms with Crippen molar-refractivity contribution in [3.63, 3.8) is 0 Å². The number of ether oxygens (including phenoxy) is 2. The molecule has 3 heterocycles. The van der Waals surface area contributed by atoms with E-state index < -0.39 is 0 Å². The predicted octanol–water partition coefficient (Wildman–Crippen LogP) is 4.42. The molecular formula is C25H23N3O5S. The quantitative estimate of drug-likeness (QED) is 0.324. The fourth-order valence-electron chi connectivity index (χ4n) is 4.08. The number of nitrogens with one attached hydrogen (secondary N) is 1. The molecule has 2 aromatic carbocycles. The van der Waals surface area contributed by atoms with Gasteiger partial charge in [-0.1, -0.05) is 29.5 Å². The van der Waals surface area contributed by atoms with Crippen LogP contribution in [0.5, 0.6) is 11.5 Å². The summed E-state index contributed by atoms with van der Waals surface area (Å²) in [4.78, 5) is 30.9. The molecule has 4 aromatic rings. The molecule has 0 atom stereocenters. The Bertz CT molecular complexity index is 1440. The number of rotatable bonds is 6. The lowest BCUT2D eigenvalue weighted by Crippen LogP contribution is -2.25. The summed E-state index contributed by atoms with van der Waals surface area (Å²) in [6, 6.07) is 11.0. The van der Waals surface area contributed by atoms with Crippen LogP contribution < -0.4 is 20.3 Å². The summed E-state index contributed by atoms with van der Waals surface area (Å²) in [6.07, 6.45) is 1.55. The standard InChI is InChI=1S/C25H23N3O5S/c1-14-7-15(2)23(16(3)8-14)27-22(29)12-34-25-26-19-10-21-20(32-13-33-21)9-18(19)24(30)28(25)11-17-5-4-6-31-17/h4-10H,11-13H2,1-3H3,(H,27,29). The van der Waals surface area contributed by atoms with Gasteiger partial charge < -0.3 is 19.2 Å². The SMILES string of the molecule is Cc1cc(C)c(NC(=O)CSc2nc3cc4c(cc3c(=O)n2Cc2ccco2)OCO4)c(C)c1. The minimum atomic E-state index is -0.243. The number of amides is 1. The Hall–Kier alpha value is -3.72. The molecule has 1 N–H and O–H groups in total. The van der Waals surface area contributed by atoms with E-state index in [-0.39, 0.29) is 30.6 Å². The molecule has 0 saturated heterocycles. The number of hydrogen-bond acceptors (Lipinski definition) is 7. The second-order valence-corrected chi connectivity index (χ2v) is 9.14. The lowest BCUT2D eigenvalue weighted by Gasteiger charge is -2.14. The average molecular weight is 478 g/mol. The number of benzene rings is 2. The highest BCUT2D eigenvalue weighted by molar-refractivity contribution is 7.99. The highest BCUT2D eigenvalue weighted by Gasteiger charge is 2.20. The number of carbonyl (C=O) groups is 1. The minimum Gasteiger partial charge on any atom is -0.467 e. The number of furan rings is 1. The molecule has 2 aromatic heterocycles. The molecule has 34 heavy (non-hydrogen) atoms. The van der Waals surface area contributed by atoms with Crippen LogP contribution in [0.15, 0.2) is 57.0 Å². The summed E-state index contributed by atoms with van der Waals surface area (Å²) in [6.45, 7) is 6.27. The zero-order chi connectivity index (χ0) is 23.8. The number of aryl methyl sites for hydroxylation is 3. The number of carbonyl (C=O) groups excluding carboxylic acids is 1. The van der Waals surface area contributed by atoms with E-state index in [9.17, 15) is 9.59 Å². The summed E-state index contributed by atoms with van der Waals surface area (Å²) in [5.41, 5.74) is 4.20. The Balaban J connectivity index is 1.46. The maximum Gasteiger partial charge on any atom is 0.262 e. The van der Waals surface area contributed by atoms with Crippen molar-refractivity contribution in [2.24, 2.45) is 0 Å². The van der Waals surface area contributed by atoms with Crippen molar-refractivity contribution in [1.29, 1.82) is 0 Å². The summed E-state index contributed by atoms with van der Waals surface area (Å²) < 4.78 is 17.8. The van der Waals surface area contributed by atoms with E-state index in [4.69, 9.17) is 13.9 Å². The van der Waals surface area contributed by atoms with Crippen LogP contribution in [0, 0.1) is 20.8 Å². The predicted molar refractivity (Wildman–Crippen MR) is 130 cm³/mol. The van der Waals surface area contributed by atoms with Crippen LogP contribution >= 0.6 is 11.8 Å². The first kappa shape index (κ1) is 22.1. The lowest BCUT2D eigenvalue weighted by atomic mass is 10.1. The summed E-state index contributed by atoms with van der Waals surface area (Å²) in [7, 11) is 0. The Morgan fingerprint density at radius 2 is 1.85 bits per heavy atom. The van der Waals surface area contributed by atoms with Gasteiger partial charge in [-0.25, -0.2) is 4.98 Å². The Labute approximate surface area is 199 Å². The van der Waals surface area contributed by atoms with E-state index in [0.29, 0.717) is 33.3 Å². The van der Waals surface area contributed by atoms with Crippen molar-refractivity contribution in [3.05, 3.63) is 75.5 Å². The van der Waals surface area contributed by atoms with Gasteiger partial charge in [-0.2, -0.15) is 0 Å². The fourth-order valence-corrected chi connectivity index (χ4v) is 4.88. The molecule has 0 aliphatic carbocycles. The van der Waals surface area contributed by atoms with Crippen molar-refractivity contribution < 1.29 is 18.7 Å². The van der Waals surface area contributed by atoms with Crippen molar-refractivity contribution >= 4 is 34.3 Å². The molecule has 0 spiro atoms. The number of thioether (sulfide) groups is 1. The van der Waals surface area contributed by atoms with E-state index >= 15 is 0 Å². The molecule has 0 fully saturated rings. The monoisotopic (exact) mass is 477 g/mol. The molecule has 0 radical (unpaired) electrons. The average Bonchev–Trinajstić information content (AvgIpc) is 3.47. The second-order valence-electron chi connectivity index (χ2n) is 8.20. The molecule has 1 aliphatic heterocycles. The second kappa shape index (κ2) is 8.90. The smallest absolute Gasteiger partial charge is 0.262 e. The number of fused-ring (bicyclic) bond motifs is 2. The van der Waals surface area contributed by atoms with Crippen molar-refractivity contribution in [2.75, 3.05) is 17.9 Å². The van der Waals surface area contributed by atoms with E-state index in [2.05, 4.69) is 10.3 Å². The van der Waals surface area contributed by atoms with Gasteiger partial charge in [-0.3, -0.25) is 14.2 Å². The van der Waals surface area contributed by atoms with E-state index in [1.54, 1.807) is 30.5 Å². The van der Waals surface area contributed by atoms with E-state index in [1.165, 1.54) is 16.3 Å². The van der Waals surface area contributed by atoms with Gasteiger partial charge >= 0.3 is 0 Å². The maximum atomic E-state index is 13.4. The van der Waals surface area contributed by atoms with E-state index in [1.807, 2.05) is 32.9 Å². The number of nitrogens with zero attached hydrogens (tertiary/aromatic N) is 2. The number of aromatic nitrogens is 2. The maximum absolute atomic E-state index is 13.4. The number of hydrogen-bond donors (Lipinski definition) is 1. The summed E-state index contributed by atoms with van der Waals surface area (Å²) in [5, 5.41) is 3.83. The number of anilines is 1. The zero-order valence-electron chi connectivity index (χ0n) is 19.0. The van der Waals surface area contributed by atoms with E-state index in [0.717, 1.165) is 22.4 Å². The van der Waals surface area contributed by atoms with Crippen molar-refractivity contribution in [3.8, 4) is 11.5 Å². The van der Waals surface area contributed by atoms with Crippen LogP contribution in [0.3, 0.4) is 0 Å². The van der Waals surface area contributed by atoms with Crippen LogP contribution in [-0.4, -0.2) is 28.0 Å². The highest BCUT2D eigenvalue weighted by atomic mass is 32.2. The van der Waals surface area contributed by atoms with Gasteiger partial charge in [-0.05, 0) is 50.1 Å². The largest absolute Gasteiger partial charge is 0.467 e. The minimum absolute atomic E-state index is 0.0907. The summed E-state index contributed by atoms with van der Waals surface area (Å²) >= 11 is 1.20. The van der Waals surface area contributed by atoms with Gasteiger partial charge in [-0.15, -0.1) is 0 Å². The molecule has 1 aliphatic rings. The first-order valence-electron chi connectivity index (χ1n) is 10.8. The third-order valence-electron chi connectivity index (χ3n) is 5.58. The van der Waals surface area contributed by atoms with Gasteiger partial charge in [0.15, 0.2) is 16.7 Å². The molecular weight excluding hydrogens is 454 g/mol. The fraction of sp³-hybridized carbons (Fsp3) is 0.240. The molecule has 5 rings (SSSR count). The molecule has 174 valence electrons. The van der Waals surface area contributed by atoms with Gasteiger partial charge in [0.2, 0.25) is 12.7 Å². The van der Waals surface area contributed by atoms with Gasteiger partial charge in [0.1, 0.15) is 5.76 Å². The topological polar surface area (TPSA) is 95.6 Å². The van der Waals surface area contributed by atoms with Crippen molar-refractivity contribution in [1.82, 2.24) is 9.55 Å². The normalized spacial score (nSPS) is 12.3. The van der Waals surface area contributed by atoms with Crippen LogP contribution in [0.4, 0.5) is 5.69 Å². The third-order valence-corrected chi connectivity index (χ3v) is 6.56. The van der Waals surface area contributed by atoms with Gasteiger partial charge in [0, 0.05) is 11.8 Å². The van der Waals surface area contributed by atoms with Crippen LogP contribution in [0.25, 0.3) is 10.9 Å². The first-order valence-corrected chi connectivity index (χ1v) is 11.7. The van der Waals surface area contributed by atoms with Gasteiger partial charge in [0.05, 0.1) is 29.5 Å². The Morgan fingerprint density at radius 3 is 2.56 bits per heavy atom. The first-order chi connectivity index (χ1) is 16.4. The molecule has 8 nitrogen and oxygen atoms in total. The Morgan fingerprint density at radius 1 is 1.12 bits per heavy atom. The molecule has 1 amide bonds. The van der Waals surface area contributed by atoms with Crippen LogP contribution in [0.1, 0.15) is 22.5 Å². The zero-order valence-corrected chi connectivity index (χ0v) is 19.8. The van der Waals surface area contributed by atoms with Crippen LogP contribution in [-0.2, 0) is 11.3 Å². The van der Waals surface area contributed by atoms with Crippen molar-refractivity contribution in [2.45, 2.75) is 32.5 Å². The molecule has 0 unspecified atom stereocenters. The van der Waals surface area contributed by atoms with Gasteiger partial charge in [0.25, 0.3) is 5.56 Å². The summed E-state index contributed by atoms with van der Waals surface area (Å²) in [5.74, 6) is 1.58.